The first-order valence-corrected chi connectivity index (χ1v) is 11.9. The second-order valence-electron chi connectivity index (χ2n) is 8.94. The lowest BCUT2D eigenvalue weighted by atomic mass is 10.1. The van der Waals surface area contributed by atoms with Crippen LogP contribution in [0.25, 0.3) is 16.9 Å². The number of fused-ring (bicyclic) bond motifs is 1. The number of ether oxygens (including phenoxy) is 4. The predicted molar refractivity (Wildman–Crippen MR) is 127 cm³/mol. The van der Waals surface area contributed by atoms with Crippen LogP contribution in [-0.4, -0.2) is 60.4 Å². The van der Waals surface area contributed by atoms with Gasteiger partial charge in [-0.05, 0) is 43.9 Å². The van der Waals surface area contributed by atoms with Crippen molar-refractivity contribution in [3.63, 3.8) is 0 Å². The molecule has 1 aliphatic heterocycles. The predicted octanol–water partition coefficient (Wildman–Crippen LogP) is 3.39. The molecule has 0 spiro atoms. The molecule has 3 N–H and O–H groups in total. The summed E-state index contributed by atoms with van der Waals surface area (Å²) in [6.07, 6.45) is 6.99. The van der Waals surface area contributed by atoms with Gasteiger partial charge in [0.25, 0.3) is 5.91 Å². The van der Waals surface area contributed by atoms with Gasteiger partial charge in [0.15, 0.2) is 0 Å². The molecule has 0 bridgehead atoms. The summed E-state index contributed by atoms with van der Waals surface area (Å²) < 4.78 is 49.8. The minimum atomic E-state index is -3.11. The summed E-state index contributed by atoms with van der Waals surface area (Å²) in [7, 11) is 1.37. The van der Waals surface area contributed by atoms with Crippen LogP contribution in [0.4, 0.5) is 8.78 Å². The summed E-state index contributed by atoms with van der Waals surface area (Å²) in [6, 6.07) is 6.34. The molecule has 3 aromatic rings. The minimum absolute atomic E-state index is 0.000668. The third-order valence-corrected chi connectivity index (χ3v) is 6.31. The third-order valence-electron chi connectivity index (χ3n) is 6.31. The SMILES string of the molecule is COc1cc(-c2cnc3cc(OCC(N)C4CCCO4)ccn23)cc(OC(F)F)c1C(=O)NC1CC1. The number of pyridine rings is 1. The quantitative estimate of drug-likeness (QED) is 0.437. The van der Waals surface area contributed by atoms with E-state index in [2.05, 4.69) is 10.3 Å². The highest BCUT2D eigenvalue weighted by molar-refractivity contribution is 6.01. The maximum Gasteiger partial charge on any atom is 0.387 e. The molecule has 2 aliphatic rings. The molecule has 3 heterocycles. The van der Waals surface area contributed by atoms with Crippen molar-refractivity contribution in [1.82, 2.24) is 14.7 Å². The Hall–Kier alpha value is -3.44. The van der Waals surface area contributed by atoms with Crippen molar-refractivity contribution in [2.24, 2.45) is 5.73 Å². The molecule has 192 valence electrons. The van der Waals surface area contributed by atoms with Crippen molar-refractivity contribution >= 4 is 11.6 Å². The molecule has 5 rings (SSSR count). The van der Waals surface area contributed by atoms with Crippen LogP contribution in [0.1, 0.15) is 36.0 Å². The van der Waals surface area contributed by atoms with Crippen LogP contribution in [0.2, 0.25) is 0 Å². The molecule has 36 heavy (non-hydrogen) atoms. The van der Waals surface area contributed by atoms with E-state index in [9.17, 15) is 13.6 Å². The fourth-order valence-electron chi connectivity index (χ4n) is 4.30. The highest BCUT2D eigenvalue weighted by atomic mass is 19.3. The summed E-state index contributed by atoms with van der Waals surface area (Å²) in [5.41, 5.74) is 7.79. The highest BCUT2D eigenvalue weighted by Crippen LogP contribution is 2.37. The van der Waals surface area contributed by atoms with Crippen LogP contribution < -0.4 is 25.3 Å². The van der Waals surface area contributed by atoms with Crippen molar-refractivity contribution in [2.45, 2.75) is 50.5 Å². The van der Waals surface area contributed by atoms with E-state index < -0.39 is 12.5 Å². The zero-order valence-corrected chi connectivity index (χ0v) is 19.8. The number of aromatic nitrogens is 2. The number of nitrogens with two attached hydrogens (primary N) is 1. The number of methoxy groups -OCH3 is 1. The van der Waals surface area contributed by atoms with E-state index in [-0.39, 0.29) is 35.3 Å². The molecular formula is C25H28F2N4O5. The van der Waals surface area contributed by atoms with Gasteiger partial charge in [0.1, 0.15) is 35.1 Å². The Morgan fingerprint density at radius 2 is 2.08 bits per heavy atom. The number of halogens is 2. The Morgan fingerprint density at radius 1 is 1.28 bits per heavy atom. The molecule has 2 fully saturated rings. The molecule has 11 heteroatoms. The van der Waals surface area contributed by atoms with Gasteiger partial charge in [-0.2, -0.15) is 8.78 Å². The molecule has 2 unspecified atom stereocenters. The van der Waals surface area contributed by atoms with Gasteiger partial charge in [0.2, 0.25) is 0 Å². The fourth-order valence-corrected chi connectivity index (χ4v) is 4.30. The van der Waals surface area contributed by atoms with E-state index in [0.717, 1.165) is 32.3 Å². The van der Waals surface area contributed by atoms with Crippen LogP contribution in [-0.2, 0) is 4.74 Å². The number of nitrogens with zero attached hydrogens (tertiary/aromatic N) is 2. The van der Waals surface area contributed by atoms with Crippen LogP contribution in [0.15, 0.2) is 36.7 Å². The number of alkyl halides is 2. The maximum absolute atomic E-state index is 13.2. The Labute approximate surface area is 206 Å². The van der Waals surface area contributed by atoms with Crippen LogP contribution in [0, 0.1) is 0 Å². The number of carbonyl (C=O) groups excluding carboxylic acids is 1. The van der Waals surface area contributed by atoms with Crippen LogP contribution >= 0.6 is 0 Å². The van der Waals surface area contributed by atoms with Crippen LogP contribution in [0.5, 0.6) is 17.2 Å². The smallest absolute Gasteiger partial charge is 0.387 e. The monoisotopic (exact) mass is 502 g/mol. The number of hydrogen-bond acceptors (Lipinski definition) is 7. The zero-order valence-electron chi connectivity index (χ0n) is 19.8. The molecule has 2 aromatic heterocycles. The van der Waals surface area contributed by atoms with Crippen molar-refractivity contribution < 1.29 is 32.5 Å². The first kappa shape index (κ1) is 24.3. The standard InChI is InChI=1S/C25H28F2N4O5/c1-33-20-9-14(10-21(36-25(26)27)23(20)24(32)30-15-4-5-15)18-12-29-22-11-16(6-7-31(18)22)35-13-17(28)19-3-2-8-34-19/h6-7,9-12,15,17,19,25H,2-5,8,13,28H2,1H3,(H,30,32). The molecule has 1 amide bonds. The lowest BCUT2D eigenvalue weighted by Crippen LogP contribution is -2.39. The van der Waals surface area contributed by atoms with Crippen molar-refractivity contribution in [3.8, 4) is 28.5 Å². The Balaban J connectivity index is 1.42. The number of hydrogen-bond donors (Lipinski definition) is 2. The summed E-state index contributed by atoms with van der Waals surface area (Å²) >= 11 is 0. The average molecular weight is 503 g/mol. The molecule has 1 aliphatic carbocycles. The molecule has 1 saturated heterocycles. The Morgan fingerprint density at radius 3 is 2.78 bits per heavy atom. The number of benzene rings is 1. The molecule has 9 nitrogen and oxygen atoms in total. The van der Waals surface area contributed by atoms with E-state index >= 15 is 0 Å². The van der Waals surface area contributed by atoms with Gasteiger partial charge >= 0.3 is 6.61 Å². The molecule has 1 saturated carbocycles. The molecular weight excluding hydrogens is 474 g/mol. The molecule has 0 radical (unpaired) electrons. The summed E-state index contributed by atoms with van der Waals surface area (Å²) in [4.78, 5) is 17.2. The lowest BCUT2D eigenvalue weighted by molar-refractivity contribution is -0.0502. The van der Waals surface area contributed by atoms with E-state index in [1.54, 1.807) is 35.0 Å². The summed E-state index contributed by atoms with van der Waals surface area (Å²) in [5, 5.41) is 2.79. The van der Waals surface area contributed by atoms with Gasteiger partial charge < -0.3 is 30.0 Å². The fraction of sp³-hybridized carbons (Fsp3) is 0.440. The van der Waals surface area contributed by atoms with Crippen molar-refractivity contribution in [1.29, 1.82) is 0 Å². The minimum Gasteiger partial charge on any atom is -0.496 e. The second-order valence-corrected chi connectivity index (χ2v) is 8.94. The van der Waals surface area contributed by atoms with E-state index in [1.807, 2.05) is 0 Å². The van der Waals surface area contributed by atoms with Gasteiger partial charge in [-0.3, -0.25) is 9.20 Å². The van der Waals surface area contributed by atoms with Gasteiger partial charge in [0, 0.05) is 30.5 Å². The largest absolute Gasteiger partial charge is 0.496 e. The molecule has 2 atom stereocenters. The topological polar surface area (TPSA) is 109 Å². The number of nitrogens with one attached hydrogen (secondary N) is 1. The summed E-state index contributed by atoms with van der Waals surface area (Å²) in [5.74, 6) is -0.0629. The molecule has 1 aromatic carbocycles. The van der Waals surface area contributed by atoms with Crippen molar-refractivity contribution in [3.05, 3.63) is 42.2 Å². The Kier molecular flexibility index (Phi) is 6.92. The Bertz CT molecular complexity index is 1240. The first-order valence-electron chi connectivity index (χ1n) is 11.9. The number of carbonyl (C=O) groups is 1. The van der Waals surface area contributed by atoms with E-state index in [1.165, 1.54) is 13.2 Å². The van der Waals surface area contributed by atoms with Crippen LogP contribution in [0.3, 0.4) is 0 Å². The third kappa shape index (κ3) is 5.21. The van der Waals surface area contributed by atoms with Gasteiger partial charge in [0.05, 0.1) is 31.1 Å². The van der Waals surface area contributed by atoms with Gasteiger partial charge in [-0.25, -0.2) is 4.98 Å². The number of imidazole rings is 1. The first-order chi connectivity index (χ1) is 17.4. The van der Waals surface area contributed by atoms with E-state index in [4.69, 9.17) is 24.7 Å². The lowest BCUT2D eigenvalue weighted by Gasteiger charge is -2.19. The zero-order chi connectivity index (χ0) is 25.2. The average Bonchev–Trinajstić information content (AvgIpc) is 3.32. The van der Waals surface area contributed by atoms with Gasteiger partial charge in [-0.1, -0.05) is 0 Å². The van der Waals surface area contributed by atoms with E-state index in [0.29, 0.717) is 29.3 Å². The normalized spacial score (nSPS) is 18.4. The second kappa shape index (κ2) is 10.3. The number of rotatable bonds is 10. The summed E-state index contributed by atoms with van der Waals surface area (Å²) in [6.45, 7) is -2.08. The number of amides is 1. The highest BCUT2D eigenvalue weighted by Gasteiger charge is 2.29. The van der Waals surface area contributed by atoms with Gasteiger partial charge in [-0.15, -0.1) is 0 Å². The maximum atomic E-state index is 13.2. The van der Waals surface area contributed by atoms with Crippen molar-refractivity contribution in [2.75, 3.05) is 20.3 Å².